The van der Waals surface area contributed by atoms with Gasteiger partial charge < -0.3 is 10.1 Å². The summed E-state index contributed by atoms with van der Waals surface area (Å²) in [5, 5.41) is 3.21. The summed E-state index contributed by atoms with van der Waals surface area (Å²) in [4.78, 5) is 11.3. The Bertz CT molecular complexity index is 162. The van der Waals surface area contributed by atoms with E-state index in [1.54, 1.807) is 0 Å². The number of rotatable bonds is 7. The molecule has 0 amide bonds. The molecule has 14 heavy (non-hydrogen) atoms. The molecule has 0 aromatic rings. The van der Waals surface area contributed by atoms with Crippen molar-refractivity contribution in [3.8, 4) is 0 Å². The molecule has 0 aromatic carbocycles. The number of methoxy groups -OCH3 is 1. The summed E-state index contributed by atoms with van der Waals surface area (Å²) in [5.74, 6) is 2.26. The van der Waals surface area contributed by atoms with E-state index in [2.05, 4.69) is 12.2 Å². The number of thioether (sulfide) groups is 1. The van der Waals surface area contributed by atoms with Crippen LogP contribution >= 0.6 is 11.8 Å². The van der Waals surface area contributed by atoms with Gasteiger partial charge in [-0.05, 0) is 11.7 Å². The third-order valence-corrected chi connectivity index (χ3v) is 2.84. The van der Waals surface area contributed by atoms with Gasteiger partial charge in [0.05, 0.1) is 7.11 Å². The number of ether oxygens (including phenoxy) is 1. The van der Waals surface area contributed by atoms with Crippen LogP contribution in [0.2, 0.25) is 0 Å². The second-order valence-electron chi connectivity index (χ2n) is 3.40. The zero-order valence-electron chi connectivity index (χ0n) is 9.50. The highest BCUT2D eigenvalue weighted by atomic mass is 32.2. The van der Waals surface area contributed by atoms with Crippen LogP contribution < -0.4 is 5.32 Å². The van der Waals surface area contributed by atoms with E-state index < -0.39 is 0 Å². The summed E-state index contributed by atoms with van der Waals surface area (Å²) in [6, 6.07) is -0.169. The van der Waals surface area contributed by atoms with Crippen LogP contribution in [-0.4, -0.2) is 37.2 Å². The highest BCUT2D eigenvalue weighted by molar-refractivity contribution is 7.99. The minimum Gasteiger partial charge on any atom is -0.468 e. The molecular weight excluding hydrogens is 198 g/mol. The Labute approximate surface area is 91.0 Å². The molecule has 1 atom stereocenters. The molecule has 0 saturated carbocycles. The predicted molar refractivity (Wildman–Crippen MR) is 61.6 cm³/mol. The minimum absolute atomic E-state index is 0.165. The molecular formula is C10H21NO2S. The molecule has 0 heterocycles. The molecule has 0 saturated heterocycles. The van der Waals surface area contributed by atoms with Crippen LogP contribution in [0, 0.1) is 5.92 Å². The number of hydrogen-bond donors (Lipinski definition) is 1. The molecule has 84 valence electrons. The largest absolute Gasteiger partial charge is 0.468 e. The van der Waals surface area contributed by atoms with Crippen molar-refractivity contribution in [1.29, 1.82) is 0 Å². The van der Waals surface area contributed by atoms with Gasteiger partial charge in [-0.3, -0.25) is 4.79 Å². The number of esters is 1. The maximum absolute atomic E-state index is 11.3. The van der Waals surface area contributed by atoms with Gasteiger partial charge >= 0.3 is 5.97 Å². The van der Waals surface area contributed by atoms with Crippen LogP contribution in [0.3, 0.4) is 0 Å². The van der Waals surface area contributed by atoms with Crippen LogP contribution in [0.25, 0.3) is 0 Å². The van der Waals surface area contributed by atoms with Crippen molar-refractivity contribution in [2.45, 2.75) is 26.8 Å². The molecule has 0 rings (SSSR count). The third kappa shape index (κ3) is 5.50. The van der Waals surface area contributed by atoms with Gasteiger partial charge in [0.2, 0.25) is 0 Å². The number of hydrogen-bond acceptors (Lipinski definition) is 4. The molecule has 0 aliphatic heterocycles. The van der Waals surface area contributed by atoms with Crippen LogP contribution in [-0.2, 0) is 9.53 Å². The Morgan fingerprint density at radius 1 is 1.50 bits per heavy atom. The Morgan fingerprint density at radius 2 is 2.14 bits per heavy atom. The van der Waals surface area contributed by atoms with Crippen molar-refractivity contribution in [3.05, 3.63) is 0 Å². The van der Waals surface area contributed by atoms with E-state index in [-0.39, 0.29) is 17.9 Å². The van der Waals surface area contributed by atoms with E-state index in [0.717, 1.165) is 18.1 Å². The molecule has 1 unspecified atom stereocenters. The Morgan fingerprint density at radius 3 is 2.57 bits per heavy atom. The first-order chi connectivity index (χ1) is 6.63. The minimum atomic E-state index is -0.169. The van der Waals surface area contributed by atoms with Crippen LogP contribution in [0.4, 0.5) is 0 Å². The van der Waals surface area contributed by atoms with Crippen LogP contribution in [0.5, 0.6) is 0 Å². The van der Waals surface area contributed by atoms with Gasteiger partial charge in [0.25, 0.3) is 0 Å². The highest BCUT2D eigenvalue weighted by Gasteiger charge is 2.21. The van der Waals surface area contributed by atoms with E-state index in [9.17, 15) is 4.79 Å². The van der Waals surface area contributed by atoms with E-state index in [0.29, 0.717) is 0 Å². The van der Waals surface area contributed by atoms with Crippen LogP contribution in [0.1, 0.15) is 20.8 Å². The van der Waals surface area contributed by atoms with Crippen molar-refractivity contribution >= 4 is 17.7 Å². The summed E-state index contributed by atoms with van der Waals surface area (Å²) < 4.78 is 4.72. The van der Waals surface area contributed by atoms with Crippen molar-refractivity contribution in [2.75, 3.05) is 25.2 Å². The van der Waals surface area contributed by atoms with Gasteiger partial charge in [-0.2, -0.15) is 11.8 Å². The van der Waals surface area contributed by atoms with E-state index in [1.165, 1.54) is 7.11 Å². The average molecular weight is 219 g/mol. The second-order valence-corrected chi connectivity index (χ2v) is 4.79. The number of nitrogens with one attached hydrogen (secondary N) is 1. The molecule has 3 nitrogen and oxygen atoms in total. The summed E-state index contributed by atoms with van der Waals surface area (Å²) >= 11 is 1.87. The summed E-state index contributed by atoms with van der Waals surface area (Å²) in [5.41, 5.74) is 0. The third-order valence-electron chi connectivity index (χ3n) is 1.94. The second kappa shape index (κ2) is 8.12. The van der Waals surface area contributed by atoms with Crippen molar-refractivity contribution < 1.29 is 9.53 Å². The van der Waals surface area contributed by atoms with Gasteiger partial charge in [0.1, 0.15) is 6.04 Å². The predicted octanol–water partition coefficient (Wildman–Crippen LogP) is 1.53. The maximum Gasteiger partial charge on any atom is 0.323 e. The van der Waals surface area contributed by atoms with E-state index in [1.807, 2.05) is 25.6 Å². The Balaban J connectivity index is 3.80. The lowest BCUT2D eigenvalue weighted by Crippen LogP contribution is -2.42. The number of carbonyl (C=O) groups is 1. The number of carbonyl (C=O) groups excluding carboxylic acids is 1. The molecule has 0 aliphatic carbocycles. The Hall–Kier alpha value is -0.220. The fourth-order valence-corrected chi connectivity index (χ4v) is 1.70. The summed E-state index contributed by atoms with van der Waals surface area (Å²) in [6.07, 6.45) is 0. The molecule has 0 bridgehead atoms. The van der Waals surface area contributed by atoms with Crippen molar-refractivity contribution in [1.82, 2.24) is 5.32 Å². The lowest BCUT2D eigenvalue weighted by molar-refractivity contribution is -0.144. The fraction of sp³-hybridized carbons (Fsp3) is 0.900. The standard InChI is InChI=1S/C10H21NO2S/c1-5-14-7-6-11-9(8(2)3)10(12)13-4/h8-9,11H,5-7H2,1-4H3. The van der Waals surface area contributed by atoms with Crippen LogP contribution in [0.15, 0.2) is 0 Å². The van der Waals surface area contributed by atoms with Gasteiger partial charge in [-0.15, -0.1) is 0 Å². The van der Waals surface area contributed by atoms with Gasteiger partial charge in [-0.25, -0.2) is 0 Å². The average Bonchev–Trinajstić information content (AvgIpc) is 2.16. The highest BCUT2D eigenvalue weighted by Crippen LogP contribution is 2.04. The van der Waals surface area contributed by atoms with Crippen molar-refractivity contribution in [3.63, 3.8) is 0 Å². The normalized spacial score (nSPS) is 12.9. The first kappa shape index (κ1) is 13.8. The molecule has 1 N–H and O–H groups in total. The zero-order chi connectivity index (χ0) is 11.0. The van der Waals surface area contributed by atoms with E-state index in [4.69, 9.17) is 4.74 Å². The first-order valence-corrected chi connectivity index (χ1v) is 6.17. The molecule has 0 spiro atoms. The van der Waals surface area contributed by atoms with Gasteiger partial charge in [0.15, 0.2) is 0 Å². The zero-order valence-corrected chi connectivity index (χ0v) is 10.3. The lowest BCUT2D eigenvalue weighted by atomic mass is 10.1. The van der Waals surface area contributed by atoms with E-state index >= 15 is 0 Å². The first-order valence-electron chi connectivity index (χ1n) is 5.02. The SMILES string of the molecule is CCSCCNC(C(=O)OC)C(C)C. The molecule has 0 aliphatic rings. The molecule has 0 aromatic heterocycles. The maximum atomic E-state index is 11.3. The monoisotopic (exact) mass is 219 g/mol. The molecule has 0 radical (unpaired) electrons. The topological polar surface area (TPSA) is 38.3 Å². The Kier molecular flexibility index (Phi) is 7.99. The van der Waals surface area contributed by atoms with Gasteiger partial charge in [0, 0.05) is 12.3 Å². The smallest absolute Gasteiger partial charge is 0.323 e. The van der Waals surface area contributed by atoms with Crippen molar-refractivity contribution in [2.24, 2.45) is 5.92 Å². The molecule has 0 fully saturated rings. The summed E-state index contributed by atoms with van der Waals surface area (Å²) in [6.45, 7) is 7.02. The summed E-state index contributed by atoms with van der Waals surface area (Å²) in [7, 11) is 1.43. The molecule has 4 heteroatoms. The lowest BCUT2D eigenvalue weighted by Gasteiger charge is -2.19. The van der Waals surface area contributed by atoms with Gasteiger partial charge in [-0.1, -0.05) is 20.8 Å². The quantitative estimate of drug-likeness (QED) is 0.520. The fourth-order valence-electron chi connectivity index (χ4n) is 1.15.